The first-order valence-electron chi connectivity index (χ1n) is 10.9. The van der Waals surface area contributed by atoms with Crippen LogP contribution in [0.3, 0.4) is 0 Å². The maximum Gasteiger partial charge on any atom is 0.252 e. The van der Waals surface area contributed by atoms with E-state index in [0.717, 1.165) is 25.7 Å². The summed E-state index contributed by atoms with van der Waals surface area (Å²) in [6, 6.07) is 12.0. The smallest absolute Gasteiger partial charge is 0.252 e. The van der Waals surface area contributed by atoms with Crippen LogP contribution in [-0.2, 0) is 4.74 Å². The number of carbonyl (C=O) groups excluding carboxylic acids is 2. The van der Waals surface area contributed by atoms with Crippen molar-refractivity contribution in [1.82, 2.24) is 5.32 Å². The average Bonchev–Trinajstić information content (AvgIpc) is 2.80. The summed E-state index contributed by atoms with van der Waals surface area (Å²) >= 11 is 0. The van der Waals surface area contributed by atoms with Gasteiger partial charge in [-0.25, -0.2) is 0 Å². The minimum absolute atomic E-state index is 0.228. The molecule has 0 atom stereocenters. The third-order valence-electron chi connectivity index (χ3n) is 4.61. The van der Waals surface area contributed by atoms with Crippen LogP contribution < -0.4 is 14.8 Å². The lowest BCUT2D eigenvalue weighted by Gasteiger charge is -2.14. The summed E-state index contributed by atoms with van der Waals surface area (Å²) in [7, 11) is 1.65. The van der Waals surface area contributed by atoms with Crippen molar-refractivity contribution in [2.75, 3.05) is 33.5 Å². The third-order valence-corrected chi connectivity index (χ3v) is 4.61. The quantitative estimate of drug-likeness (QED) is 0.351. The number of unbranched alkanes of at least 4 members (excludes halogenated alkanes) is 1. The Morgan fingerprint density at radius 3 is 2.19 bits per heavy atom. The summed E-state index contributed by atoms with van der Waals surface area (Å²) in [4.78, 5) is 25.9. The van der Waals surface area contributed by atoms with E-state index in [1.165, 1.54) is 0 Å². The number of hydrogen-bond acceptors (Lipinski definition) is 5. The number of carbonyl (C=O) groups is 2. The van der Waals surface area contributed by atoms with Crippen LogP contribution >= 0.6 is 0 Å². The molecule has 0 fully saturated rings. The van der Waals surface area contributed by atoms with Gasteiger partial charge in [0.2, 0.25) is 0 Å². The van der Waals surface area contributed by atoms with E-state index in [0.29, 0.717) is 54.6 Å². The molecule has 31 heavy (non-hydrogen) atoms. The van der Waals surface area contributed by atoms with Gasteiger partial charge >= 0.3 is 0 Å². The molecule has 0 heterocycles. The van der Waals surface area contributed by atoms with Crippen molar-refractivity contribution < 1.29 is 23.8 Å². The Morgan fingerprint density at radius 2 is 1.52 bits per heavy atom. The van der Waals surface area contributed by atoms with Gasteiger partial charge in [0.15, 0.2) is 17.3 Å². The molecule has 0 aliphatic carbocycles. The molecule has 6 heteroatoms. The van der Waals surface area contributed by atoms with E-state index < -0.39 is 0 Å². The van der Waals surface area contributed by atoms with Gasteiger partial charge in [0, 0.05) is 31.4 Å². The lowest BCUT2D eigenvalue weighted by molar-refractivity contribution is 0.0940. The zero-order valence-electron chi connectivity index (χ0n) is 18.7. The predicted octanol–water partition coefficient (Wildman–Crippen LogP) is 4.65. The van der Waals surface area contributed by atoms with Gasteiger partial charge in [0.25, 0.3) is 5.91 Å². The van der Waals surface area contributed by atoms with Crippen LogP contribution in [0.5, 0.6) is 11.5 Å². The number of amides is 1. The Bertz CT molecular complexity index is 850. The molecule has 0 unspecified atom stereocenters. The molecule has 2 aromatic rings. The first-order chi connectivity index (χ1) is 15.1. The van der Waals surface area contributed by atoms with Crippen molar-refractivity contribution in [3.63, 3.8) is 0 Å². The first-order valence-corrected chi connectivity index (χ1v) is 10.9. The van der Waals surface area contributed by atoms with E-state index in [1.807, 2.05) is 13.8 Å². The number of nitrogens with one attached hydrogen (secondary N) is 1. The molecule has 0 aliphatic heterocycles. The number of rotatable bonds is 14. The van der Waals surface area contributed by atoms with E-state index in [4.69, 9.17) is 14.2 Å². The minimum atomic E-state index is -0.258. The molecule has 168 valence electrons. The Hall–Kier alpha value is -2.86. The highest BCUT2D eigenvalue weighted by Crippen LogP contribution is 2.30. The Balaban J connectivity index is 2.21. The van der Waals surface area contributed by atoms with E-state index in [2.05, 4.69) is 5.32 Å². The van der Waals surface area contributed by atoms with Gasteiger partial charge < -0.3 is 19.5 Å². The van der Waals surface area contributed by atoms with Crippen LogP contribution in [-0.4, -0.2) is 45.2 Å². The highest BCUT2D eigenvalue weighted by atomic mass is 16.5. The van der Waals surface area contributed by atoms with Gasteiger partial charge in [-0.15, -0.1) is 0 Å². The molecule has 2 rings (SSSR count). The molecule has 0 saturated carbocycles. The van der Waals surface area contributed by atoms with E-state index >= 15 is 0 Å². The molecule has 0 aromatic heterocycles. The number of hydrogen-bond donors (Lipinski definition) is 1. The maximum atomic E-state index is 13.2. The van der Waals surface area contributed by atoms with Crippen LogP contribution in [0.2, 0.25) is 0 Å². The summed E-state index contributed by atoms with van der Waals surface area (Å²) in [6.45, 7) is 6.34. The first kappa shape index (κ1) is 24.4. The largest absolute Gasteiger partial charge is 0.490 e. The second-order valence-electron chi connectivity index (χ2n) is 7.19. The molecule has 0 aliphatic rings. The topological polar surface area (TPSA) is 73.9 Å². The van der Waals surface area contributed by atoms with Crippen molar-refractivity contribution in [2.24, 2.45) is 0 Å². The fourth-order valence-electron chi connectivity index (χ4n) is 3.01. The van der Waals surface area contributed by atoms with Gasteiger partial charge in [-0.1, -0.05) is 32.0 Å². The molecule has 0 saturated heterocycles. The van der Waals surface area contributed by atoms with Gasteiger partial charge in [0.1, 0.15) is 0 Å². The third kappa shape index (κ3) is 7.40. The summed E-state index contributed by atoms with van der Waals surface area (Å²) in [5, 5.41) is 2.88. The molecule has 1 amide bonds. The number of ether oxygens (including phenoxy) is 3. The van der Waals surface area contributed by atoms with Crippen LogP contribution in [0.15, 0.2) is 42.5 Å². The summed E-state index contributed by atoms with van der Waals surface area (Å²) in [5.74, 6) is 0.676. The molecule has 6 nitrogen and oxygen atoms in total. The van der Waals surface area contributed by atoms with E-state index in [9.17, 15) is 9.59 Å². The van der Waals surface area contributed by atoms with Gasteiger partial charge in [-0.3, -0.25) is 9.59 Å². The monoisotopic (exact) mass is 427 g/mol. The SMILES string of the molecule is CCCOc1ccc(C(=O)c2ccccc2C(=O)NCCCCOC)cc1OCCC. The predicted molar refractivity (Wildman–Crippen MR) is 121 cm³/mol. The summed E-state index contributed by atoms with van der Waals surface area (Å²) in [6.07, 6.45) is 3.40. The molecular formula is C25H33NO5. The standard InChI is InChI=1S/C25H33NO5/c1-4-15-30-22-13-12-19(18-23(22)31-16-5-2)24(27)20-10-6-7-11-21(20)25(28)26-14-8-9-17-29-3/h6-7,10-13,18H,4-5,8-9,14-17H2,1-3H3,(H,26,28). The fraction of sp³-hybridized carbons (Fsp3) is 0.440. The maximum absolute atomic E-state index is 13.2. The Labute approximate surface area is 184 Å². The van der Waals surface area contributed by atoms with Crippen molar-refractivity contribution in [2.45, 2.75) is 39.5 Å². The van der Waals surface area contributed by atoms with E-state index in [1.54, 1.807) is 49.6 Å². The van der Waals surface area contributed by atoms with Crippen LogP contribution in [0.4, 0.5) is 0 Å². The van der Waals surface area contributed by atoms with Crippen molar-refractivity contribution in [3.8, 4) is 11.5 Å². The van der Waals surface area contributed by atoms with Crippen molar-refractivity contribution >= 4 is 11.7 Å². The second kappa shape index (κ2) is 13.4. The zero-order valence-corrected chi connectivity index (χ0v) is 18.7. The van der Waals surface area contributed by atoms with Gasteiger partial charge in [-0.2, -0.15) is 0 Å². The number of ketones is 1. The van der Waals surface area contributed by atoms with Crippen LogP contribution in [0.25, 0.3) is 0 Å². The molecule has 2 aromatic carbocycles. The lowest BCUT2D eigenvalue weighted by atomic mass is 9.97. The lowest BCUT2D eigenvalue weighted by Crippen LogP contribution is -2.26. The Morgan fingerprint density at radius 1 is 0.839 bits per heavy atom. The summed E-state index contributed by atoms with van der Waals surface area (Å²) < 4.78 is 16.6. The fourth-order valence-corrected chi connectivity index (χ4v) is 3.01. The van der Waals surface area contributed by atoms with Crippen molar-refractivity contribution in [1.29, 1.82) is 0 Å². The van der Waals surface area contributed by atoms with Crippen molar-refractivity contribution in [3.05, 3.63) is 59.2 Å². The molecule has 0 radical (unpaired) electrons. The second-order valence-corrected chi connectivity index (χ2v) is 7.19. The number of methoxy groups -OCH3 is 1. The normalized spacial score (nSPS) is 10.5. The van der Waals surface area contributed by atoms with E-state index in [-0.39, 0.29) is 11.7 Å². The highest BCUT2D eigenvalue weighted by molar-refractivity contribution is 6.15. The number of benzene rings is 2. The molecule has 1 N–H and O–H groups in total. The molecule has 0 spiro atoms. The highest BCUT2D eigenvalue weighted by Gasteiger charge is 2.19. The zero-order chi connectivity index (χ0) is 22.5. The van der Waals surface area contributed by atoms with Gasteiger partial charge in [0.05, 0.1) is 18.8 Å². The Kier molecular flexibility index (Phi) is 10.6. The molecule has 0 bridgehead atoms. The van der Waals surface area contributed by atoms with Gasteiger partial charge in [-0.05, 0) is 49.9 Å². The summed E-state index contributed by atoms with van der Waals surface area (Å²) in [5.41, 5.74) is 1.18. The minimum Gasteiger partial charge on any atom is -0.490 e. The average molecular weight is 428 g/mol. The van der Waals surface area contributed by atoms with Crippen LogP contribution in [0, 0.1) is 0 Å². The van der Waals surface area contributed by atoms with Crippen LogP contribution in [0.1, 0.15) is 65.8 Å². The molecular weight excluding hydrogens is 394 g/mol.